The minimum atomic E-state index is 0.145. The number of aryl methyl sites for hydroxylation is 1. The topological polar surface area (TPSA) is 45.3 Å². The summed E-state index contributed by atoms with van der Waals surface area (Å²) >= 11 is 0. The fourth-order valence-electron chi connectivity index (χ4n) is 3.17. The van der Waals surface area contributed by atoms with Crippen LogP contribution in [0.5, 0.6) is 0 Å². The zero-order chi connectivity index (χ0) is 14.8. The zero-order valence-electron chi connectivity index (χ0n) is 12.6. The standard InChI is InChI=1S/C17H22N2O2/c1-12-16(9-10-21-12)19(2)17(20)8-7-13-11-18-15-6-4-3-5-14(13)15/h3-6,11-12,16,18H,7-10H2,1-2H3. The molecule has 1 aromatic carbocycles. The predicted molar refractivity (Wildman–Crippen MR) is 83.2 cm³/mol. The van der Waals surface area contributed by atoms with Crippen molar-refractivity contribution in [2.75, 3.05) is 13.7 Å². The average Bonchev–Trinajstić information content (AvgIpc) is 3.10. The number of fused-ring (bicyclic) bond motifs is 1. The summed E-state index contributed by atoms with van der Waals surface area (Å²) in [6, 6.07) is 8.43. The van der Waals surface area contributed by atoms with Crippen molar-refractivity contribution in [2.24, 2.45) is 0 Å². The second-order valence-electron chi connectivity index (χ2n) is 5.80. The van der Waals surface area contributed by atoms with E-state index in [9.17, 15) is 4.79 Å². The van der Waals surface area contributed by atoms with E-state index in [0.29, 0.717) is 6.42 Å². The summed E-state index contributed by atoms with van der Waals surface area (Å²) in [5.74, 6) is 0.197. The van der Waals surface area contributed by atoms with Gasteiger partial charge in [0.2, 0.25) is 5.91 Å². The highest BCUT2D eigenvalue weighted by molar-refractivity contribution is 5.84. The van der Waals surface area contributed by atoms with E-state index >= 15 is 0 Å². The van der Waals surface area contributed by atoms with Gasteiger partial charge in [-0.15, -0.1) is 0 Å². The number of aromatic amines is 1. The van der Waals surface area contributed by atoms with E-state index in [2.05, 4.69) is 17.1 Å². The van der Waals surface area contributed by atoms with Crippen LogP contribution in [0, 0.1) is 0 Å². The Hall–Kier alpha value is -1.81. The molecule has 1 saturated heterocycles. The molecule has 112 valence electrons. The minimum absolute atomic E-state index is 0.145. The van der Waals surface area contributed by atoms with Crippen molar-refractivity contribution in [1.29, 1.82) is 0 Å². The highest BCUT2D eigenvalue weighted by Gasteiger charge is 2.30. The van der Waals surface area contributed by atoms with Crippen molar-refractivity contribution < 1.29 is 9.53 Å². The smallest absolute Gasteiger partial charge is 0.222 e. The average molecular weight is 286 g/mol. The molecule has 4 nitrogen and oxygen atoms in total. The van der Waals surface area contributed by atoms with Crippen LogP contribution >= 0.6 is 0 Å². The third-order valence-electron chi connectivity index (χ3n) is 4.51. The first-order chi connectivity index (χ1) is 10.2. The summed E-state index contributed by atoms with van der Waals surface area (Å²) in [5, 5.41) is 1.21. The van der Waals surface area contributed by atoms with Crippen molar-refractivity contribution in [3.05, 3.63) is 36.0 Å². The number of benzene rings is 1. The van der Waals surface area contributed by atoms with Gasteiger partial charge in [-0.1, -0.05) is 18.2 Å². The molecule has 1 aromatic heterocycles. The molecule has 1 aliphatic heterocycles. The van der Waals surface area contributed by atoms with Crippen LogP contribution in [0.4, 0.5) is 0 Å². The van der Waals surface area contributed by atoms with Gasteiger partial charge in [-0.05, 0) is 31.4 Å². The molecule has 1 fully saturated rings. The highest BCUT2D eigenvalue weighted by atomic mass is 16.5. The van der Waals surface area contributed by atoms with Crippen molar-refractivity contribution in [3.63, 3.8) is 0 Å². The van der Waals surface area contributed by atoms with Crippen LogP contribution in [-0.2, 0) is 16.0 Å². The number of nitrogens with zero attached hydrogens (tertiary/aromatic N) is 1. The molecule has 2 unspecified atom stereocenters. The molecule has 0 radical (unpaired) electrons. The lowest BCUT2D eigenvalue weighted by atomic mass is 10.1. The van der Waals surface area contributed by atoms with E-state index < -0.39 is 0 Å². The number of ether oxygens (including phenoxy) is 1. The number of likely N-dealkylation sites (N-methyl/N-ethyl adjacent to an activating group) is 1. The maximum Gasteiger partial charge on any atom is 0.222 e. The number of aromatic nitrogens is 1. The number of hydrogen-bond acceptors (Lipinski definition) is 2. The SMILES string of the molecule is CC1OCCC1N(C)C(=O)CCc1c[nH]c2ccccc12. The van der Waals surface area contributed by atoms with Crippen molar-refractivity contribution in [2.45, 2.75) is 38.3 Å². The van der Waals surface area contributed by atoms with Crippen LogP contribution < -0.4 is 0 Å². The number of carbonyl (C=O) groups excluding carboxylic acids is 1. The van der Waals surface area contributed by atoms with E-state index in [1.807, 2.05) is 37.2 Å². The minimum Gasteiger partial charge on any atom is -0.376 e. The summed E-state index contributed by atoms with van der Waals surface area (Å²) in [7, 11) is 1.90. The lowest BCUT2D eigenvalue weighted by Gasteiger charge is -2.26. The first-order valence-electron chi connectivity index (χ1n) is 7.59. The summed E-state index contributed by atoms with van der Waals surface area (Å²) in [6.07, 6.45) is 4.42. The van der Waals surface area contributed by atoms with Crippen LogP contribution in [0.1, 0.15) is 25.3 Å². The molecule has 1 N–H and O–H groups in total. The highest BCUT2D eigenvalue weighted by Crippen LogP contribution is 2.21. The van der Waals surface area contributed by atoms with Crippen molar-refractivity contribution in [3.8, 4) is 0 Å². The van der Waals surface area contributed by atoms with E-state index in [1.54, 1.807) is 0 Å². The fraction of sp³-hybridized carbons (Fsp3) is 0.471. The molecule has 2 aromatic rings. The maximum atomic E-state index is 12.4. The van der Waals surface area contributed by atoms with Gasteiger partial charge in [0.1, 0.15) is 0 Å². The Morgan fingerprint density at radius 2 is 2.24 bits per heavy atom. The Morgan fingerprint density at radius 1 is 1.43 bits per heavy atom. The number of carbonyl (C=O) groups is 1. The normalized spacial score (nSPS) is 21.8. The quantitative estimate of drug-likeness (QED) is 0.939. The van der Waals surface area contributed by atoms with Gasteiger partial charge < -0.3 is 14.6 Å². The molecule has 1 aliphatic rings. The van der Waals surface area contributed by atoms with Crippen molar-refractivity contribution >= 4 is 16.8 Å². The second kappa shape index (κ2) is 5.90. The Balaban J connectivity index is 1.63. The number of para-hydroxylation sites is 1. The second-order valence-corrected chi connectivity index (χ2v) is 5.80. The summed E-state index contributed by atoms with van der Waals surface area (Å²) in [6.45, 7) is 2.80. The lowest BCUT2D eigenvalue weighted by Crippen LogP contribution is -2.41. The van der Waals surface area contributed by atoms with Crippen LogP contribution in [0.2, 0.25) is 0 Å². The summed E-state index contributed by atoms with van der Waals surface area (Å²) < 4.78 is 5.55. The molecule has 21 heavy (non-hydrogen) atoms. The van der Waals surface area contributed by atoms with Crippen LogP contribution in [0.25, 0.3) is 10.9 Å². The van der Waals surface area contributed by atoms with Crippen LogP contribution in [-0.4, -0.2) is 41.6 Å². The van der Waals surface area contributed by atoms with Gasteiger partial charge >= 0.3 is 0 Å². The van der Waals surface area contributed by atoms with Crippen molar-refractivity contribution in [1.82, 2.24) is 9.88 Å². The molecule has 1 amide bonds. The molecule has 4 heteroatoms. The number of amides is 1. The molecule has 3 rings (SSSR count). The van der Waals surface area contributed by atoms with E-state index in [4.69, 9.17) is 4.74 Å². The molecular weight excluding hydrogens is 264 g/mol. The predicted octanol–water partition coefficient (Wildman–Crippen LogP) is 2.74. The maximum absolute atomic E-state index is 12.4. The molecule has 0 aliphatic carbocycles. The van der Waals surface area contributed by atoms with Gasteiger partial charge in [-0.3, -0.25) is 4.79 Å². The molecule has 0 spiro atoms. The fourth-order valence-corrected chi connectivity index (χ4v) is 3.17. The van der Waals surface area contributed by atoms with Gasteiger partial charge in [-0.2, -0.15) is 0 Å². The third-order valence-corrected chi connectivity index (χ3v) is 4.51. The Morgan fingerprint density at radius 3 is 3.00 bits per heavy atom. The van der Waals surface area contributed by atoms with E-state index in [1.165, 1.54) is 10.9 Å². The largest absolute Gasteiger partial charge is 0.376 e. The molecule has 0 bridgehead atoms. The van der Waals surface area contributed by atoms with Crippen LogP contribution in [0.3, 0.4) is 0 Å². The van der Waals surface area contributed by atoms with Gasteiger partial charge in [0.05, 0.1) is 12.1 Å². The van der Waals surface area contributed by atoms with E-state index in [-0.39, 0.29) is 18.1 Å². The molecule has 2 heterocycles. The van der Waals surface area contributed by atoms with Gasteiger partial charge in [0.25, 0.3) is 0 Å². The molecule has 2 atom stereocenters. The first-order valence-corrected chi connectivity index (χ1v) is 7.59. The zero-order valence-corrected chi connectivity index (χ0v) is 12.6. The number of H-pyrrole nitrogens is 1. The Kier molecular flexibility index (Phi) is 3.97. The van der Waals surface area contributed by atoms with Crippen LogP contribution in [0.15, 0.2) is 30.5 Å². The van der Waals surface area contributed by atoms with Gasteiger partial charge in [-0.25, -0.2) is 0 Å². The molecule has 0 saturated carbocycles. The summed E-state index contributed by atoms with van der Waals surface area (Å²) in [4.78, 5) is 17.5. The monoisotopic (exact) mass is 286 g/mol. The van der Waals surface area contributed by atoms with Gasteiger partial charge in [0, 0.05) is 37.2 Å². The summed E-state index contributed by atoms with van der Waals surface area (Å²) in [5.41, 5.74) is 2.34. The van der Waals surface area contributed by atoms with Gasteiger partial charge in [0.15, 0.2) is 0 Å². The molecular formula is C17H22N2O2. The lowest BCUT2D eigenvalue weighted by molar-refractivity contribution is -0.132. The Labute approximate surface area is 125 Å². The number of nitrogens with one attached hydrogen (secondary N) is 1. The first kappa shape index (κ1) is 14.1. The number of rotatable bonds is 4. The van der Waals surface area contributed by atoms with E-state index in [0.717, 1.165) is 25.0 Å². The Bertz CT molecular complexity index is 635. The third kappa shape index (κ3) is 2.81. The number of hydrogen-bond donors (Lipinski definition) is 1.